The summed E-state index contributed by atoms with van der Waals surface area (Å²) >= 11 is 6.69. The SMILES string of the molecule is CC1CC1c1ccc(-c2nc(Br)cc(Br)n2)o1. The minimum Gasteiger partial charge on any atom is -0.457 e. The zero-order valence-corrected chi connectivity index (χ0v) is 12.3. The van der Waals surface area contributed by atoms with Crippen LogP contribution in [0.1, 0.15) is 25.0 Å². The first-order valence-electron chi connectivity index (χ1n) is 5.43. The Morgan fingerprint density at radius 1 is 1.24 bits per heavy atom. The van der Waals surface area contributed by atoms with Crippen LogP contribution in [0.15, 0.2) is 31.8 Å². The lowest BCUT2D eigenvalue weighted by Gasteiger charge is -1.98. The number of aromatic nitrogens is 2. The summed E-state index contributed by atoms with van der Waals surface area (Å²) in [6.07, 6.45) is 1.22. The fraction of sp³-hybridized carbons (Fsp3) is 0.333. The smallest absolute Gasteiger partial charge is 0.197 e. The molecule has 2 unspecified atom stereocenters. The number of hydrogen-bond donors (Lipinski definition) is 0. The molecule has 17 heavy (non-hydrogen) atoms. The number of rotatable bonds is 2. The van der Waals surface area contributed by atoms with Gasteiger partial charge >= 0.3 is 0 Å². The Hall–Kier alpha value is -0.680. The molecule has 3 rings (SSSR count). The molecule has 5 heteroatoms. The van der Waals surface area contributed by atoms with Gasteiger partial charge in [0.05, 0.1) is 0 Å². The molecule has 1 aliphatic carbocycles. The first kappa shape index (κ1) is 11.4. The molecule has 1 saturated carbocycles. The Bertz CT molecular complexity index is 547. The molecule has 1 aliphatic rings. The molecule has 1 fully saturated rings. The zero-order valence-electron chi connectivity index (χ0n) is 9.15. The van der Waals surface area contributed by atoms with E-state index in [1.54, 1.807) is 6.07 Å². The molecule has 0 amide bonds. The first-order chi connectivity index (χ1) is 8.13. The largest absolute Gasteiger partial charge is 0.457 e. The van der Waals surface area contributed by atoms with Crippen LogP contribution in [0.4, 0.5) is 0 Å². The van der Waals surface area contributed by atoms with Gasteiger partial charge in [-0.25, -0.2) is 9.97 Å². The molecule has 0 aliphatic heterocycles. The van der Waals surface area contributed by atoms with Gasteiger partial charge in [-0.05, 0) is 56.3 Å². The molecule has 2 heterocycles. The van der Waals surface area contributed by atoms with Crippen LogP contribution in [0.2, 0.25) is 0 Å². The van der Waals surface area contributed by atoms with Gasteiger partial charge < -0.3 is 4.42 Å². The summed E-state index contributed by atoms with van der Waals surface area (Å²) < 4.78 is 7.29. The fourth-order valence-corrected chi connectivity index (χ4v) is 2.97. The predicted octanol–water partition coefficient (Wildman–Crippen LogP) is 4.39. The maximum absolute atomic E-state index is 5.81. The summed E-state index contributed by atoms with van der Waals surface area (Å²) in [6, 6.07) is 5.77. The van der Waals surface area contributed by atoms with Crippen LogP contribution in [-0.4, -0.2) is 9.97 Å². The van der Waals surface area contributed by atoms with E-state index in [0.29, 0.717) is 11.7 Å². The number of nitrogens with zero attached hydrogens (tertiary/aromatic N) is 2. The Labute approximate surface area is 116 Å². The third-order valence-electron chi connectivity index (χ3n) is 2.99. The van der Waals surface area contributed by atoms with Gasteiger partial charge in [-0.3, -0.25) is 0 Å². The highest BCUT2D eigenvalue weighted by atomic mass is 79.9. The van der Waals surface area contributed by atoms with Crippen molar-refractivity contribution in [3.05, 3.63) is 33.2 Å². The lowest BCUT2D eigenvalue weighted by atomic mass is 10.3. The van der Waals surface area contributed by atoms with E-state index in [9.17, 15) is 0 Å². The Morgan fingerprint density at radius 2 is 1.88 bits per heavy atom. The second kappa shape index (κ2) is 4.21. The van der Waals surface area contributed by atoms with Gasteiger partial charge in [-0.2, -0.15) is 0 Å². The molecular formula is C12H10Br2N2O. The number of hydrogen-bond acceptors (Lipinski definition) is 3. The lowest BCUT2D eigenvalue weighted by Crippen LogP contribution is -1.88. The highest BCUT2D eigenvalue weighted by molar-refractivity contribution is 9.11. The van der Waals surface area contributed by atoms with Gasteiger partial charge in [0.25, 0.3) is 0 Å². The minimum absolute atomic E-state index is 0.583. The Kier molecular flexibility index (Phi) is 2.83. The van der Waals surface area contributed by atoms with Gasteiger partial charge in [-0.1, -0.05) is 6.92 Å². The maximum atomic E-state index is 5.81. The molecule has 3 nitrogen and oxygen atoms in total. The van der Waals surface area contributed by atoms with E-state index in [-0.39, 0.29) is 0 Å². The van der Waals surface area contributed by atoms with Gasteiger partial charge in [-0.15, -0.1) is 0 Å². The minimum atomic E-state index is 0.583. The van der Waals surface area contributed by atoms with Crippen LogP contribution in [-0.2, 0) is 0 Å². The van der Waals surface area contributed by atoms with Crippen LogP contribution in [0.25, 0.3) is 11.6 Å². The highest BCUT2D eigenvalue weighted by Crippen LogP contribution is 2.47. The molecular weight excluding hydrogens is 348 g/mol. The van der Waals surface area contributed by atoms with Gasteiger partial charge in [0.2, 0.25) is 0 Å². The highest BCUT2D eigenvalue weighted by Gasteiger charge is 2.36. The summed E-state index contributed by atoms with van der Waals surface area (Å²) in [6.45, 7) is 2.24. The van der Waals surface area contributed by atoms with Crippen LogP contribution < -0.4 is 0 Å². The van der Waals surface area contributed by atoms with Gasteiger partial charge in [0, 0.05) is 12.0 Å². The van der Waals surface area contributed by atoms with Crippen LogP contribution in [0, 0.1) is 5.92 Å². The molecule has 0 spiro atoms. The summed E-state index contributed by atoms with van der Waals surface area (Å²) in [4.78, 5) is 8.60. The molecule has 0 saturated heterocycles. The summed E-state index contributed by atoms with van der Waals surface area (Å²) in [5, 5.41) is 0. The summed E-state index contributed by atoms with van der Waals surface area (Å²) in [5.74, 6) is 3.70. The van der Waals surface area contributed by atoms with E-state index < -0.39 is 0 Å². The van der Waals surface area contributed by atoms with Crippen molar-refractivity contribution in [3.63, 3.8) is 0 Å². The van der Waals surface area contributed by atoms with Gasteiger partial charge in [0.15, 0.2) is 11.6 Å². The molecule has 0 N–H and O–H groups in total. The number of furan rings is 1. The van der Waals surface area contributed by atoms with E-state index in [2.05, 4.69) is 48.8 Å². The molecule has 0 aromatic carbocycles. The van der Waals surface area contributed by atoms with Crippen molar-refractivity contribution in [1.29, 1.82) is 0 Å². The van der Waals surface area contributed by atoms with Crippen LogP contribution in [0.5, 0.6) is 0 Å². The zero-order chi connectivity index (χ0) is 12.0. The van der Waals surface area contributed by atoms with Crippen molar-refractivity contribution in [1.82, 2.24) is 9.97 Å². The van der Waals surface area contributed by atoms with Crippen molar-refractivity contribution in [2.75, 3.05) is 0 Å². The van der Waals surface area contributed by atoms with E-state index in [1.165, 1.54) is 6.42 Å². The average Bonchev–Trinajstić information content (AvgIpc) is 2.80. The van der Waals surface area contributed by atoms with Crippen molar-refractivity contribution < 1.29 is 4.42 Å². The molecule has 2 atom stereocenters. The molecule has 2 aromatic heterocycles. The van der Waals surface area contributed by atoms with Gasteiger partial charge in [0.1, 0.15) is 15.0 Å². The quantitative estimate of drug-likeness (QED) is 0.748. The van der Waals surface area contributed by atoms with E-state index in [4.69, 9.17) is 4.42 Å². The summed E-state index contributed by atoms with van der Waals surface area (Å²) in [5.41, 5.74) is 0. The van der Waals surface area contributed by atoms with Crippen LogP contribution in [0.3, 0.4) is 0 Å². The van der Waals surface area contributed by atoms with Crippen molar-refractivity contribution in [2.24, 2.45) is 5.92 Å². The average molecular weight is 358 g/mol. The normalized spacial score (nSPS) is 22.8. The van der Waals surface area contributed by atoms with Crippen molar-refractivity contribution in [2.45, 2.75) is 19.3 Å². The predicted molar refractivity (Wildman–Crippen MR) is 71.7 cm³/mol. The molecule has 88 valence electrons. The maximum Gasteiger partial charge on any atom is 0.197 e. The van der Waals surface area contributed by atoms with E-state index >= 15 is 0 Å². The summed E-state index contributed by atoms with van der Waals surface area (Å²) in [7, 11) is 0. The Morgan fingerprint density at radius 3 is 2.47 bits per heavy atom. The standard InChI is InChI=1S/C12H10Br2N2O/c1-6-4-7(6)8-2-3-9(17-8)12-15-10(13)5-11(14)16-12/h2-3,5-7H,4H2,1H3. The van der Waals surface area contributed by atoms with E-state index in [0.717, 1.165) is 26.6 Å². The molecule has 0 bridgehead atoms. The van der Waals surface area contributed by atoms with E-state index in [1.807, 2.05) is 12.1 Å². The third kappa shape index (κ3) is 2.31. The number of halogens is 2. The van der Waals surface area contributed by atoms with Crippen molar-refractivity contribution >= 4 is 31.9 Å². The van der Waals surface area contributed by atoms with Crippen LogP contribution >= 0.6 is 31.9 Å². The Balaban J connectivity index is 1.95. The van der Waals surface area contributed by atoms with Crippen molar-refractivity contribution in [3.8, 4) is 11.6 Å². The second-order valence-corrected chi connectivity index (χ2v) is 5.98. The topological polar surface area (TPSA) is 38.9 Å². The first-order valence-corrected chi connectivity index (χ1v) is 7.02. The molecule has 2 aromatic rings. The monoisotopic (exact) mass is 356 g/mol. The fourth-order valence-electron chi connectivity index (χ4n) is 1.89. The second-order valence-electron chi connectivity index (χ2n) is 4.36. The lowest BCUT2D eigenvalue weighted by molar-refractivity contribution is 0.514. The molecule has 0 radical (unpaired) electrons. The third-order valence-corrected chi connectivity index (χ3v) is 3.80.